The first-order chi connectivity index (χ1) is 9.99. The third kappa shape index (κ3) is 2.69. The molecule has 0 saturated carbocycles. The zero-order valence-corrected chi connectivity index (χ0v) is 11.2. The number of alkyl halides is 3. The molecule has 2 saturated heterocycles. The molecular formula is C14H15F3N2O2. The maximum atomic E-state index is 12.6. The highest BCUT2D eigenvalue weighted by Gasteiger charge is 2.45. The number of carbonyl (C=O) groups is 1. The van der Waals surface area contributed by atoms with E-state index in [1.165, 1.54) is 12.1 Å². The number of carbonyl (C=O) groups excluding carboxylic acids is 1. The molecule has 1 aromatic heterocycles. The smallest absolute Gasteiger partial charge is 0.433 e. The Bertz CT molecular complexity index is 535. The Hall–Kier alpha value is -1.79. The number of nitrogens with zero attached hydrogens (tertiary/aromatic N) is 2. The van der Waals surface area contributed by atoms with Crippen LogP contribution >= 0.6 is 0 Å². The average Bonchev–Trinajstić information content (AvgIpc) is 3.01. The average molecular weight is 300 g/mol. The lowest BCUT2D eigenvalue weighted by molar-refractivity contribution is -0.141. The standard InChI is InChI=1S/C14H15F3N2O2/c15-14(16,17)12-2-1-3-13(18-12)21-7-9-6-10-4-5-11(9)19(10)8-20/h1-3,8-11H,4-7H2. The number of ether oxygens (including phenoxy) is 1. The second-order valence-corrected chi connectivity index (χ2v) is 5.52. The van der Waals surface area contributed by atoms with Crippen LogP contribution in [0.4, 0.5) is 13.2 Å². The molecular weight excluding hydrogens is 285 g/mol. The highest BCUT2D eigenvalue weighted by atomic mass is 19.4. The molecule has 2 aliphatic rings. The van der Waals surface area contributed by atoms with E-state index in [2.05, 4.69) is 4.98 Å². The quantitative estimate of drug-likeness (QED) is 0.802. The number of hydrogen-bond donors (Lipinski definition) is 0. The summed E-state index contributed by atoms with van der Waals surface area (Å²) in [5.41, 5.74) is -0.956. The van der Waals surface area contributed by atoms with Gasteiger partial charge in [0, 0.05) is 24.1 Å². The monoisotopic (exact) mass is 300 g/mol. The largest absolute Gasteiger partial charge is 0.477 e. The van der Waals surface area contributed by atoms with Gasteiger partial charge in [-0.05, 0) is 25.3 Å². The second kappa shape index (κ2) is 5.20. The van der Waals surface area contributed by atoms with E-state index in [-0.39, 0.29) is 23.9 Å². The number of aromatic nitrogens is 1. The Morgan fingerprint density at radius 2 is 2.19 bits per heavy atom. The molecule has 0 aliphatic carbocycles. The van der Waals surface area contributed by atoms with Crippen molar-refractivity contribution in [1.29, 1.82) is 0 Å². The van der Waals surface area contributed by atoms with Crippen molar-refractivity contribution in [2.24, 2.45) is 5.92 Å². The maximum Gasteiger partial charge on any atom is 0.433 e. The number of rotatable bonds is 4. The Morgan fingerprint density at radius 1 is 1.38 bits per heavy atom. The molecule has 2 fully saturated rings. The Morgan fingerprint density at radius 3 is 2.86 bits per heavy atom. The summed E-state index contributed by atoms with van der Waals surface area (Å²) in [5.74, 6) is 0.149. The zero-order chi connectivity index (χ0) is 15.0. The molecule has 4 nitrogen and oxygen atoms in total. The number of fused-ring (bicyclic) bond motifs is 2. The summed E-state index contributed by atoms with van der Waals surface area (Å²) in [7, 11) is 0. The van der Waals surface area contributed by atoms with Crippen LogP contribution in [0.1, 0.15) is 25.0 Å². The highest BCUT2D eigenvalue weighted by molar-refractivity contribution is 5.50. The molecule has 7 heteroatoms. The molecule has 21 heavy (non-hydrogen) atoms. The van der Waals surface area contributed by atoms with Crippen LogP contribution in [0.2, 0.25) is 0 Å². The van der Waals surface area contributed by atoms with Gasteiger partial charge in [0.2, 0.25) is 12.3 Å². The fourth-order valence-electron chi connectivity index (χ4n) is 3.35. The first-order valence-corrected chi connectivity index (χ1v) is 6.89. The molecule has 2 aliphatic heterocycles. The minimum atomic E-state index is -4.47. The van der Waals surface area contributed by atoms with E-state index in [0.717, 1.165) is 31.7 Å². The number of pyridine rings is 1. The van der Waals surface area contributed by atoms with Crippen LogP contribution in [0.3, 0.4) is 0 Å². The van der Waals surface area contributed by atoms with Crippen molar-refractivity contribution >= 4 is 6.41 Å². The van der Waals surface area contributed by atoms with Crippen molar-refractivity contribution in [3.8, 4) is 5.88 Å². The lowest BCUT2D eigenvalue weighted by Crippen LogP contribution is -2.31. The molecule has 1 amide bonds. The van der Waals surface area contributed by atoms with E-state index in [1.807, 2.05) is 4.90 Å². The maximum absolute atomic E-state index is 12.6. The van der Waals surface area contributed by atoms with Gasteiger partial charge in [0.1, 0.15) is 5.69 Å². The predicted octanol–water partition coefficient (Wildman–Crippen LogP) is 2.49. The number of hydrogen-bond acceptors (Lipinski definition) is 3. The van der Waals surface area contributed by atoms with Gasteiger partial charge in [-0.2, -0.15) is 13.2 Å². The minimum absolute atomic E-state index is 0.0229. The molecule has 1 aromatic rings. The molecule has 3 unspecified atom stereocenters. The summed E-state index contributed by atoms with van der Waals surface area (Å²) in [6.45, 7) is 0.291. The van der Waals surface area contributed by atoms with Crippen LogP contribution < -0.4 is 4.74 Å². The van der Waals surface area contributed by atoms with Gasteiger partial charge < -0.3 is 9.64 Å². The van der Waals surface area contributed by atoms with E-state index in [4.69, 9.17) is 4.74 Å². The summed E-state index contributed by atoms with van der Waals surface area (Å²) >= 11 is 0. The van der Waals surface area contributed by atoms with Crippen molar-refractivity contribution in [3.05, 3.63) is 23.9 Å². The summed E-state index contributed by atoms with van der Waals surface area (Å²) < 4.78 is 43.1. The SMILES string of the molecule is O=CN1C2CCC1C(COc1cccc(C(F)(F)F)n1)C2. The Balaban J connectivity index is 1.63. The van der Waals surface area contributed by atoms with Crippen LogP contribution in [0.5, 0.6) is 5.88 Å². The van der Waals surface area contributed by atoms with E-state index in [9.17, 15) is 18.0 Å². The summed E-state index contributed by atoms with van der Waals surface area (Å²) in [5, 5.41) is 0. The Labute approximate surface area is 119 Å². The molecule has 3 atom stereocenters. The summed E-state index contributed by atoms with van der Waals surface area (Å²) in [6.07, 6.45) is -0.817. The van der Waals surface area contributed by atoms with Crippen molar-refractivity contribution in [2.45, 2.75) is 37.5 Å². The van der Waals surface area contributed by atoms with Crippen LogP contribution in [-0.2, 0) is 11.0 Å². The van der Waals surface area contributed by atoms with Crippen molar-refractivity contribution < 1.29 is 22.7 Å². The number of halogens is 3. The lowest BCUT2D eigenvalue weighted by atomic mass is 9.90. The van der Waals surface area contributed by atoms with Crippen molar-refractivity contribution in [3.63, 3.8) is 0 Å². The Kier molecular flexibility index (Phi) is 3.51. The fraction of sp³-hybridized carbons (Fsp3) is 0.571. The zero-order valence-electron chi connectivity index (χ0n) is 11.2. The highest BCUT2D eigenvalue weighted by Crippen LogP contribution is 2.40. The van der Waals surface area contributed by atoms with Crippen molar-refractivity contribution in [2.75, 3.05) is 6.61 Å². The third-order valence-corrected chi connectivity index (χ3v) is 4.30. The summed E-state index contributed by atoms with van der Waals surface area (Å²) in [4.78, 5) is 16.3. The van der Waals surface area contributed by atoms with E-state index >= 15 is 0 Å². The van der Waals surface area contributed by atoms with Crippen LogP contribution in [-0.4, -0.2) is 35.0 Å². The van der Waals surface area contributed by atoms with E-state index in [0.29, 0.717) is 6.61 Å². The molecule has 2 bridgehead atoms. The summed E-state index contributed by atoms with van der Waals surface area (Å²) in [6, 6.07) is 4.02. The van der Waals surface area contributed by atoms with Gasteiger partial charge in [-0.3, -0.25) is 4.79 Å². The topological polar surface area (TPSA) is 42.4 Å². The van der Waals surface area contributed by atoms with Gasteiger partial charge >= 0.3 is 6.18 Å². The van der Waals surface area contributed by atoms with Crippen LogP contribution in [0.15, 0.2) is 18.2 Å². The molecule has 3 heterocycles. The van der Waals surface area contributed by atoms with Crippen LogP contribution in [0, 0.1) is 5.92 Å². The molecule has 0 spiro atoms. The molecule has 3 rings (SSSR count). The van der Waals surface area contributed by atoms with Gasteiger partial charge in [-0.15, -0.1) is 0 Å². The van der Waals surface area contributed by atoms with Crippen LogP contribution in [0.25, 0.3) is 0 Å². The van der Waals surface area contributed by atoms with Crippen molar-refractivity contribution in [1.82, 2.24) is 9.88 Å². The van der Waals surface area contributed by atoms with Gasteiger partial charge in [0.05, 0.1) is 6.61 Å². The first-order valence-electron chi connectivity index (χ1n) is 6.89. The third-order valence-electron chi connectivity index (χ3n) is 4.30. The first kappa shape index (κ1) is 14.2. The fourth-order valence-corrected chi connectivity index (χ4v) is 3.35. The van der Waals surface area contributed by atoms with E-state index < -0.39 is 11.9 Å². The van der Waals surface area contributed by atoms with Gasteiger partial charge in [-0.25, -0.2) is 4.98 Å². The normalized spacial score (nSPS) is 28.0. The van der Waals surface area contributed by atoms with Gasteiger partial charge in [0.15, 0.2) is 0 Å². The lowest BCUT2D eigenvalue weighted by Gasteiger charge is -2.21. The minimum Gasteiger partial charge on any atom is -0.477 e. The number of amides is 1. The molecule has 0 radical (unpaired) electrons. The van der Waals surface area contributed by atoms with Gasteiger partial charge in [0.25, 0.3) is 0 Å². The van der Waals surface area contributed by atoms with Gasteiger partial charge in [-0.1, -0.05) is 6.07 Å². The molecule has 0 N–H and O–H groups in total. The molecule has 114 valence electrons. The second-order valence-electron chi connectivity index (χ2n) is 5.52. The molecule has 0 aromatic carbocycles. The van der Waals surface area contributed by atoms with E-state index in [1.54, 1.807) is 0 Å². The predicted molar refractivity (Wildman–Crippen MR) is 67.6 cm³/mol.